The number of esters is 4. The summed E-state index contributed by atoms with van der Waals surface area (Å²) < 4.78 is 29.3. The molecule has 0 aromatic heterocycles. The van der Waals surface area contributed by atoms with Gasteiger partial charge in [-0.05, 0) is 91.4 Å². The third-order valence-electron chi connectivity index (χ3n) is 9.41. The molecule has 2 N–H and O–H groups in total. The first-order valence-corrected chi connectivity index (χ1v) is 18.1. The van der Waals surface area contributed by atoms with Crippen molar-refractivity contribution in [3.8, 4) is 0 Å². The Kier molecular flexibility index (Phi) is 13.9. The van der Waals surface area contributed by atoms with E-state index < -0.39 is 76.4 Å². The zero-order chi connectivity index (χ0) is 40.0. The Labute approximate surface area is 314 Å². The van der Waals surface area contributed by atoms with Crippen molar-refractivity contribution >= 4 is 23.9 Å². The number of ether oxygens (including phenoxy) is 5. The topological polar surface area (TPSA) is 155 Å². The molecule has 0 amide bonds. The minimum atomic E-state index is -3.05. The number of aliphatic hydroxyl groups excluding tert-OH is 1. The molecule has 53 heavy (non-hydrogen) atoms. The SMILES string of the molecule is C=C(CCC1(C)OC(C(=O)OC(C)(C)C)(C(O)(C(=O)OC(C)(C)C)C(C)C(=O)OCc2ccccc2)C[C@H]1O)[C@@H](OC(C)=O)[C@H](C)Cc1ccccc1. The average Bonchev–Trinajstić information content (AvgIpc) is 3.34. The van der Waals surface area contributed by atoms with Crippen LogP contribution in [0.1, 0.15) is 99.6 Å². The van der Waals surface area contributed by atoms with E-state index in [1.54, 1.807) is 78.8 Å². The number of carbonyl (C=O) groups excluding carboxylic acids is 4. The number of benzene rings is 2. The van der Waals surface area contributed by atoms with Crippen LogP contribution in [0.15, 0.2) is 72.8 Å². The average molecular weight is 739 g/mol. The van der Waals surface area contributed by atoms with E-state index in [1.807, 2.05) is 37.3 Å². The quantitative estimate of drug-likeness (QED) is 0.122. The highest BCUT2D eigenvalue weighted by Crippen LogP contribution is 2.51. The molecule has 7 atom stereocenters. The fraction of sp³-hybridized carbons (Fsp3) is 0.571. The summed E-state index contributed by atoms with van der Waals surface area (Å²) in [6.45, 7) is 19.6. The zero-order valence-electron chi connectivity index (χ0n) is 32.9. The summed E-state index contributed by atoms with van der Waals surface area (Å²) in [5.74, 6) is -5.91. The van der Waals surface area contributed by atoms with Crippen molar-refractivity contribution in [1.29, 1.82) is 0 Å². The summed E-state index contributed by atoms with van der Waals surface area (Å²) in [4.78, 5) is 54.6. The van der Waals surface area contributed by atoms with E-state index in [0.29, 0.717) is 17.6 Å². The monoisotopic (exact) mass is 738 g/mol. The van der Waals surface area contributed by atoms with Gasteiger partial charge in [-0.1, -0.05) is 74.2 Å². The van der Waals surface area contributed by atoms with E-state index >= 15 is 0 Å². The van der Waals surface area contributed by atoms with Gasteiger partial charge in [-0.25, -0.2) is 9.59 Å². The second kappa shape index (κ2) is 17.0. The molecule has 1 aliphatic rings. The van der Waals surface area contributed by atoms with Gasteiger partial charge in [0.1, 0.15) is 23.9 Å². The minimum absolute atomic E-state index is 0.0185. The summed E-state index contributed by atoms with van der Waals surface area (Å²) >= 11 is 0. The van der Waals surface area contributed by atoms with Crippen molar-refractivity contribution < 1.29 is 53.1 Å². The maximum Gasteiger partial charge on any atom is 0.343 e. The van der Waals surface area contributed by atoms with Gasteiger partial charge in [0.2, 0.25) is 11.2 Å². The van der Waals surface area contributed by atoms with Gasteiger partial charge in [-0.3, -0.25) is 9.59 Å². The molecule has 0 spiro atoms. The predicted octanol–water partition coefficient (Wildman–Crippen LogP) is 6.21. The first kappa shape index (κ1) is 43.3. The summed E-state index contributed by atoms with van der Waals surface area (Å²) in [6, 6.07) is 18.5. The van der Waals surface area contributed by atoms with Gasteiger partial charge >= 0.3 is 23.9 Å². The Hall–Kier alpha value is -4.06. The smallest absolute Gasteiger partial charge is 0.343 e. The Balaban J connectivity index is 2.04. The summed E-state index contributed by atoms with van der Waals surface area (Å²) in [5.41, 5.74) is -7.36. The predicted molar refractivity (Wildman–Crippen MR) is 198 cm³/mol. The molecule has 1 fully saturated rings. The lowest BCUT2D eigenvalue weighted by atomic mass is 9.71. The van der Waals surface area contributed by atoms with Crippen LogP contribution >= 0.6 is 0 Å². The van der Waals surface area contributed by atoms with Crippen LogP contribution in [0.25, 0.3) is 0 Å². The van der Waals surface area contributed by atoms with E-state index in [9.17, 15) is 29.4 Å². The molecular weight excluding hydrogens is 680 g/mol. The standard InChI is InChI=1S/C42H58O11/c1-27(34(50-30(4)43)28(2)24-31-18-14-12-15-19-31)22-23-40(11)33(44)25-41(53-40,36(46)51-38(5,6)7)42(48,37(47)52-39(8,9)10)29(3)35(45)49-26-32-20-16-13-17-21-32/h12-21,28-29,33-34,44,48H,1,22-26H2,2-11H3/t28-,29?,33-,34-,40?,41?,42?/m1/s1. The van der Waals surface area contributed by atoms with Gasteiger partial charge < -0.3 is 33.9 Å². The largest absolute Gasteiger partial charge is 0.461 e. The van der Waals surface area contributed by atoms with Gasteiger partial charge in [0.15, 0.2) is 0 Å². The van der Waals surface area contributed by atoms with Crippen LogP contribution in [0.5, 0.6) is 0 Å². The Morgan fingerprint density at radius 3 is 1.94 bits per heavy atom. The number of carbonyl (C=O) groups is 4. The first-order chi connectivity index (χ1) is 24.4. The lowest BCUT2D eigenvalue weighted by Gasteiger charge is -2.45. The van der Waals surface area contributed by atoms with Crippen molar-refractivity contribution in [3.63, 3.8) is 0 Å². The molecule has 1 heterocycles. The van der Waals surface area contributed by atoms with Crippen LogP contribution in [0.4, 0.5) is 0 Å². The van der Waals surface area contributed by atoms with Crippen LogP contribution in [-0.2, 0) is 55.9 Å². The van der Waals surface area contributed by atoms with Gasteiger partial charge in [0.25, 0.3) is 0 Å². The first-order valence-electron chi connectivity index (χ1n) is 18.1. The highest BCUT2D eigenvalue weighted by Gasteiger charge is 2.74. The highest BCUT2D eigenvalue weighted by molar-refractivity contribution is 5.97. The Morgan fingerprint density at radius 1 is 0.906 bits per heavy atom. The molecule has 11 nitrogen and oxygen atoms in total. The number of hydrogen-bond acceptors (Lipinski definition) is 11. The van der Waals surface area contributed by atoms with Crippen LogP contribution in [0, 0.1) is 11.8 Å². The zero-order valence-corrected chi connectivity index (χ0v) is 32.9. The summed E-state index contributed by atoms with van der Waals surface area (Å²) in [5, 5.41) is 24.5. The van der Waals surface area contributed by atoms with Gasteiger partial charge in [-0.2, -0.15) is 0 Å². The number of rotatable bonds is 15. The highest BCUT2D eigenvalue weighted by atomic mass is 16.6. The van der Waals surface area contributed by atoms with E-state index in [2.05, 4.69) is 6.58 Å². The van der Waals surface area contributed by atoms with Crippen LogP contribution in [-0.4, -0.2) is 74.3 Å². The van der Waals surface area contributed by atoms with E-state index in [4.69, 9.17) is 23.7 Å². The molecule has 1 saturated heterocycles. The molecule has 0 aliphatic carbocycles. The molecule has 2 aromatic carbocycles. The van der Waals surface area contributed by atoms with E-state index in [1.165, 1.54) is 13.8 Å². The van der Waals surface area contributed by atoms with Crippen molar-refractivity contribution in [1.82, 2.24) is 0 Å². The van der Waals surface area contributed by atoms with E-state index in [-0.39, 0.29) is 25.4 Å². The Morgan fingerprint density at radius 2 is 1.43 bits per heavy atom. The lowest BCUT2D eigenvalue weighted by molar-refractivity contribution is -0.252. The molecule has 11 heteroatoms. The molecule has 0 radical (unpaired) electrons. The fourth-order valence-electron chi connectivity index (χ4n) is 6.58. The van der Waals surface area contributed by atoms with Crippen LogP contribution < -0.4 is 0 Å². The molecule has 292 valence electrons. The third kappa shape index (κ3) is 10.8. The normalized spacial score (nSPS) is 23.1. The summed E-state index contributed by atoms with van der Waals surface area (Å²) in [7, 11) is 0. The van der Waals surface area contributed by atoms with Crippen molar-refractivity contribution in [2.75, 3.05) is 0 Å². The van der Waals surface area contributed by atoms with Crippen molar-refractivity contribution in [3.05, 3.63) is 83.9 Å². The Bertz CT molecular complexity index is 1590. The van der Waals surface area contributed by atoms with Gasteiger partial charge in [0.05, 0.1) is 17.6 Å². The molecule has 0 bridgehead atoms. The molecule has 3 rings (SSSR count). The maximum atomic E-state index is 14.4. The molecule has 0 saturated carbocycles. The van der Waals surface area contributed by atoms with Gasteiger partial charge in [0, 0.05) is 19.3 Å². The maximum absolute atomic E-state index is 14.4. The minimum Gasteiger partial charge on any atom is -0.461 e. The molecule has 1 aliphatic heterocycles. The van der Waals surface area contributed by atoms with Crippen LogP contribution in [0.2, 0.25) is 0 Å². The molecule has 2 aromatic rings. The van der Waals surface area contributed by atoms with E-state index in [0.717, 1.165) is 5.56 Å². The molecular formula is C42H58O11. The second-order valence-corrected chi connectivity index (χ2v) is 16.4. The number of hydrogen-bond donors (Lipinski definition) is 2. The number of aliphatic hydroxyl groups is 2. The van der Waals surface area contributed by atoms with Gasteiger partial charge in [-0.15, -0.1) is 0 Å². The molecule has 4 unspecified atom stereocenters. The summed E-state index contributed by atoms with van der Waals surface area (Å²) in [6.07, 6.45) is -2.01. The van der Waals surface area contributed by atoms with Crippen molar-refractivity contribution in [2.45, 2.75) is 142 Å². The second-order valence-electron chi connectivity index (χ2n) is 16.4. The van der Waals surface area contributed by atoms with Crippen molar-refractivity contribution in [2.24, 2.45) is 11.8 Å². The lowest BCUT2D eigenvalue weighted by Crippen LogP contribution is -2.70. The third-order valence-corrected chi connectivity index (χ3v) is 9.41. The fourth-order valence-corrected chi connectivity index (χ4v) is 6.58. The van der Waals surface area contributed by atoms with Crippen LogP contribution in [0.3, 0.4) is 0 Å².